The van der Waals surface area contributed by atoms with Gasteiger partial charge in [0.1, 0.15) is 0 Å². The van der Waals surface area contributed by atoms with Crippen LogP contribution in [0.5, 0.6) is 0 Å². The smallest absolute Gasteiger partial charge is 0.00177 e. The van der Waals surface area contributed by atoms with Crippen molar-refractivity contribution >= 4 is 0 Å². The summed E-state index contributed by atoms with van der Waals surface area (Å²) in [6.07, 6.45) is 16.1. The van der Waals surface area contributed by atoms with Crippen molar-refractivity contribution in [3.8, 4) is 0 Å². The van der Waals surface area contributed by atoms with Gasteiger partial charge in [0.15, 0.2) is 0 Å². The van der Waals surface area contributed by atoms with Gasteiger partial charge in [0, 0.05) is 0 Å². The Hall–Kier alpha value is -0.0400. The van der Waals surface area contributed by atoms with Gasteiger partial charge in [0.2, 0.25) is 0 Å². The van der Waals surface area contributed by atoms with Crippen LogP contribution in [0.2, 0.25) is 0 Å². The maximum atomic E-state index is 6.61. The van der Waals surface area contributed by atoms with Gasteiger partial charge in [-0.3, -0.25) is 0 Å². The fourth-order valence-electron chi connectivity index (χ4n) is 12.0. The minimum absolute atomic E-state index is 0.468. The van der Waals surface area contributed by atoms with Crippen LogP contribution < -0.4 is 5.73 Å². The Labute approximate surface area is 194 Å². The second-order valence-electron chi connectivity index (χ2n) is 15.0. The molecule has 0 unspecified atom stereocenters. The summed E-state index contributed by atoms with van der Waals surface area (Å²) in [6, 6.07) is 0. The van der Waals surface area contributed by atoms with Gasteiger partial charge < -0.3 is 5.73 Å². The quantitative estimate of drug-likeness (QED) is 0.473. The van der Waals surface area contributed by atoms with E-state index in [9.17, 15) is 0 Å². The molecule has 0 aromatic heterocycles. The number of rotatable bonds is 2. The third-order valence-electron chi connectivity index (χ3n) is 13.7. The maximum absolute atomic E-state index is 6.61. The van der Waals surface area contributed by atoms with Gasteiger partial charge in [-0.15, -0.1) is 0 Å². The monoisotopic (exact) mass is 427 g/mol. The Kier molecular flexibility index (Phi) is 5.13. The molecule has 5 rings (SSSR count). The first-order valence-corrected chi connectivity index (χ1v) is 14.2. The van der Waals surface area contributed by atoms with Crippen LogP contribution in [0, 0.1) is 62.6 Å². The van der Waals surface area contributed by atoms with Crippen molar-refractivity contribution in [2.24, 2.45) is 68.3 Å². The molecule has 0 aromatic rings. The highest BCUT2D eigenvalue weighted by Crippen LogP contribution is 2.77. The summed E-state index contributed by atoms with van der Waals surface area (Å²) in [4.78, 5) is 0. The largest absolute Gasteiger partial charge is 0.330 e. The highest BCUT2D eigenvalue weighted by molar-refractivity contribution is 5.19. The lowest BCUT2D eigenvalue weighted by Gasteiger charge is -2.72. The Morgan fingerprint density at radius 2 is 1.48 bits per heavy atom. The predicted molar refractivity (Wildman–Crippen MR) is 133 cm³/mol. The molecule has 0 aliphatic heterocycles. The Balaban J connectivity index is 1.55. The van der Waals surface area contributed by atoms with Crippen LogP contribution in [0.15, 0.2) is 0 Å². The van der Waals surface area contributed by atoms with Gasteiger partial charge in [0.25, 0.3) is 0 Å². The second-order valence-corrected chi connectivity index (χ2v) is 15.0. The van der Waals surface area contributed by atoms with E-state index in [1.807, 2.05) is 0 Å². The van der Waals surface area contributed by atoms with Crippen LogP contribution in [0.3, 0.4) is 0 Å². The van der Waals surface area contributed by atoms with Gasteiger partial charge in [-0.25, -0.2) is 0 Å². The van der Waals surface area contributed by atoms with Crippen molar-refractivity contribution in [2.75, 3.05) is 6.54 Å². The van der Waals surface area contributed by atoms with E-state index < -0.39 is 0 Å². The van der Waals surface area contributed by atoms with E-state index >= 15 is 0 Å². The molecular weight excluding hydrogens is 374 g/mol. The Morgan fingerprint density at radius 3 is 2.16 bits per heavy atom. The fourth-order valence-corrected chi connectivity index (χ4v) is 12.0. The van der Waals surface area contributed by atoms with E-state index in [-0.39, 0.29) is 0 Å². The van der Waals surface area contributed by atoms with E-state index in [2.05, 4.69) is 48.5 Å². The SMILES string of the molecule is CC(C)[C@@H]1CC[C@]2(CN)CC[C@]3(C)[C@H](CC[C@@H]4[C@@]5(C)CCCC(C)(C)[C@@H]5CC[C@]43C)[C@@H]12. The highest BCUT2D eigenvalue weighted by atomic mass is 14.8. The van der Waals surface area contributed by atoms with Crippen LogP contribution in [0.1, 0.15) is 119 Å². The molecule has 0 aromatic carbocycles. The molecule has 2 N–H and O–H groups in total. The summed E-state index contributed by atoms with van der Waals surface area (Å²) in [6.45, 7) is 19.5. The molecule has 0 heterocycles. The molecule has 5 aliphatic rings. The van der Waals surface area contributed by atoms with Gasteiger partial charge in [-0.2, -0.15) is 0 Å². The van der Waals surface area contributed by atoms with Crippen molar-refractivity contribution in [1.29, 1.82) is 0 Å². The Bertz CT molecular complexity index is 709. The first-order valence-electron chi connectivity index (χ1n) is 14.2. The summed E-state index contributed by atoms with van der Waals surface area (Å²) >= 11 is 0. The van der Waals surface area contributed by atoms with E-state index in [1.165, 1.54) is 70.6 Å². The first kappa shape index (κ1) is 22.7. The zero-order valence-corrected chi connectivity index (χ0v) is 22.0. The lowest BCUT2D eigenvalue weighted by atomic mass is 9.32. The molecular formula is C30H53N. The molecule has 0 bridgehead atoms. The van der Waals surface area contributed by atoms with Crippen LogP contribution in [-0.4, -0.2) is 6.54 Å². The summed E-state index contributed by atoms with van der Waals surface area (Å²) in [5.41, 5.74) is 9.24. The summed E-state index contributed by atoms with van der Waals surface area (Å²) in [7, 11) is 0. The molecule has 1 nitrogen and oxygen atoms in total. The number of hydrogen-bond donors (Lipinski definition) is 1. The van der Waals surface area contributed by atoms with Crippen LogP contribution >= 0.6 is 0 Å². The topological polar surface area (TPSA) is 26.0 Å². The molecule has 0 saturated heterocycles. The first-order chi connectivity index (χ1) is 14.5. The van der Waals surface area contributed by atoms with Crippen molar-refractivity contribution in [3.05, 3.63) is 0 Å². The molecule has 5 saturated carbocycles. The number of nitrogens with two attached hydrogens (primary N) is 1. The van der Waals surface area contributed by atoms with Crippen molar-refractivity contribution < 1.29 is 0 Å². The normalized spacial score (nSPS) is 55.8. The summed E-state index contributed by atoms with van der Waals surface area (Å²) in [5.74, 6) is 5.41. The minimum atomic E-state index is 0.468. The van der Waals surface area contributed by atoms with E-state index in [0.717, 1.165) is 42.1 Å². The molecule has 0 spiro atoms. The molecule has 31 heavy (non-hydrogen) atoms. The van der Waals surface area contributed by atoms with Crippen molar-refractivity contribution in [1.82, 2.24) is 0 Å². The molecule has 0 radical (unpaired) electrons. The predicted octanol–water partition coefficient (Wildman–Crippen LogP) is 8.07. The molecule has 1 heteroatoms. The van der Waals surface area contributed by atoms with E-state index in [1.54, 1.807) is 0 Å². The standard InChI is InChI=1S/C30H53N/c1-20(2)21-11-16-30(19-31)18-17-28(6)22(25(21)30)9-10-24-27(5)14-8-13-26(3,4)23(27)12-15-29(24,28)7/h20-25H,8-19,31H2,1-7H3/t21-,22+,23-,24+,25+,27-,28+,29+,30+/m0/s1. The maximum Gasteiger partial charge on any atom is -0.00177 e. The van der Waals surface area contributed by atoms with E-state index in [0.29, 0.717) is 27.1 Å². The van der Waals surface area contributed by atoms with E-state index in [4.69, 9.17) is 5.73 Å². The molecule has 9 atom stereocenters. The van der Waals surface area contributed by atoms with Crippen molar-refractivity contribution in [2.45, 2.75) is 119 Å². The average Bonchev–Trinajstić information content (AvgIpc) is 3.08. The number of fused-ring (bicyclic) bond motifs is 7. The zero-order chi connectivity index (χ0) is 22.4. The molecule has 5 aliphatic carbocycles. The summed E-state index contributed by atoms with van der Waals surface area (Å²) < 4.78 is 0. The van der Waals surface area contributed by atoms with Gasteiger partial charge in [0.05, 0.1) is 0 Å². The summed E-state index contributed by atoms with van der Waals surface area (Å²) in [5, 5.41) is 0. The van der Waals surface area contributed by atoms with Crippen LogP contribution in [0.25, 0.3) is 0 Å². The van der Waals surface area contributed by atoms with Gasteiger partial charge in [-0.05, 0) is 133 Å². The second kappa shape index (κ2) is 6.99. The lowest BCUT2D eigenvalue weighted by Crippen LogP contribution is -2.66. The van der Waals surface area contributed by atoms with Crippen LogP contribution in [-0.2, 0) is 0 Å². The van der Waals surface area contributed by atoms with Gasteiger partial charge in [-0.1, -0.05) is 54.9 Å². The Morgan fingerprint density at radius 1 is 0.742 bits per heavy atom. The molecule has 5 fully saturated rings. The van der Waals surface area contributed by atoms with Crippen molar-refractivity contribution in [3.63, 3.8) is 0 Å². The molecule has 178 valence electrons. The number of hydrogen-bond acceptors (Lipinski definition) is 1. The zero-order valence-electron chi connectivity index (χ0n) is 22.0. The average molecular weight is 428 g/mol. The highest BCUT2D eigenvalue weighted by Gasteiger charge is 2.70. The molecule has 0 amide bonds. The van der Waals surface area contributed by atoms with Crippen LogP contribution in [0.4, 0.5) is 0 Å². The third-order valence-corrected chi connectivity index (χ3v) is 13.7. The third kappa shape index (κ3) is 2.77. The lowest BCUT2D eigenvalue weighted by molar-refractivity contribution is -0.237. The minimum Gasteiger partial charge on any atom is -0.330 e. The fraction of sp³-hybridized carbons (Fsp3) is 1.00. The van der Waals surface area contributed by atoms with Gasteiger partial charge >= 0.3 is 0 Å².